The van der Waals surface area contributed by atoms with Gasteiger partial charge >= 0.3 is 0 Å². The van der Waals surface area contributed by atoms with E-state index in [0.717, 1.165) is 44.6 Å². The maximum absolute atomic E-state index is 13.2. The fourth-order valence-electron chi connectivity index (χ4n) is 3.78. The summed E-state index contributed by atoms with van der Waals surface area (Å²) in [4.78, 5) is 21.9. The van der Waals surface area contributed by atoms with Crippen molar-refractivity contribution in [2.75, 3.05) is 26.2 Å². The number of morpholine rings is 1. The molecule has 1 amide bonds. The zero-order valence-corrected chi connectivity index (χ0v) is 15.1. The van der Waals surface area contributed by atoms with Crippen LogP contribution in [0.3, 0.4) is 0 Å². The van der Waals surface area contributed by atoms with Gasteiger partial charge in [-0.05, 0) is 51.7 Å². The first-order chi connectivity index (χ1) is 11.5. The largest absolute Gasteiger partial charge is 0.362 e. The number of rotatable bonds is 3. The maximum Gasteiger partial charge on any atom is 0.256 e. The van der Waals surface area contributed by atoms with E-state index in [1.807, 2.05) is 24.1 Å². The molecule has 24 heavy (non-hydrogen) atoms. The van der Waals surface area contributed by atoms with Gasteiger partial charge < -0.3 is 9.64 Å². The Labute approximate surface area is 145 Å². The van der Waals surface area contributed by atoms with Crippen LogP contribution in [0.1, 0.15) is 44.4 Å². The van der Waals surface area contributed by atoms with Crippen LogP contribution in [0.2, 0.25) is 0 Å². The van der Waals surface area contributed by atoms with Crippen LogP contribution in [-0.2, 0) is 16.1 Å². The zero-order chi connectivity index (χ0) is 17.2. The van der Waals surface area contributed by atoms with Crippen LogP contribution in [0.4, 0.5) is 0 Å². The quantitative estimate of drug-likeness (QED) is 0.853. The Morgan fingerprint density at radius 1 is 1.29 bits per heavy atom. The monoisotopic (exact) mass is 331 g/mol. The minimum absolute atomic E-state index is 0.182. The molecule has 0 bridgehead atoms. The molecule has 5 heteroatoms. The Balaban J connectivity index is 1.75. The average molecular weight is 331 g/mol. The lowest BCUT2D eigenvalue weighted by molar-refractivity contribution is -0.172. The average Bonchev–Trinajstić information content (AvgIpc) is 2.70. The first-order valence-electron chi connectivity index (χ1n) is 9.09. The van der Waals surface area contributed by atoms with E-state index in [4.69, 9.17) is 4.74 Å². The van der Waals surface area contributed by atoms with Crippen molar-refractivity contribution < 1.29 is 9.53 Å². The minimum Gasteiger partial charge on any atom is -0.362 e. The number of amides is 1. The molecular formula is C19H29N3O2. The topological polar surface area (TPSA) is 45.7 Å². The van der Waals surface area contributed by atoms with Gasteiger partial charge in [-0.1, -0.05) is 6.07 Å². The number of carbonyl (C=O) groups excluding carboxylic acids is 1. The lowest BCUT2D eigenvalue weighted by Gasteiger charge is -2.43. The molecule has 2 aliphatic heterocycles. The van der Waals surface area contributed by atoms with Gasteiger partial charge in [0.05, 0.1) is 6.61 Å². The molecule has 2 saturated heterocycles. The summed E-state index contributed by atoms with van der Waals surface area (Å²) in [5.74, 6) is 0.182. The lowest BCUT2D eigenvalue weighted by Crippen LogP contribution is -2.60. The number of ether oxygens (including phenoxy) is 1. The molecule has 0 saturated carbocycles. The predicted molar refractivity (Wildman–Crippen MR) is 93.6 cm³/mol. The standard InChI is InChI=1S/C19H29N3O2/c1-15(2)22-9-5-4-8-19(18(22)23)14-21(10-11-24-19)13-17-7-6-16(3)20-12-17/h6-7,12,15H,4-5,8-11,13-14H2,1-3H3. The normalized spacial score (nSPS) is 26.2. The third-order valence-electron chi connectivity index (χ3n) is 5.15. The van der Waals surface area contributed by atoms with Crippen LogP contribution in [-0.4, -0.2) is 58.6 Å². The van der Waals surface area contributed by atoms with Gasteiger partial charge in [-0.15, -0.1) is 0 Å². The number of carbonyl (C=O) groups is 1. The Morgan fingerprint density at radius 2 is 2.12 bits per heavy atom. The van der Waals surface area contributed by atoms with E-state index in [9.17, 15) is 4.79 Å². The number of pyridine rings is 1. The van der Waals surface area contributed by atoms with Crippen molar-refractivity contribution in [2.24, 2.45) is 0 Å². The van der Waals surface area contributed by atoms with E-state index in [-0.39, 0.29) is 11.9 Å². The van der Waals surface area contributed by atoms with Gasteiger partial charge in [0.15, 0.2) is 5.60 Å². The van der Waals surface area contributed by atoms with Crippen LogP contribution in [0.15, 0.2) is 18.3 Å². The summed E-state index contributed by atoms with van der Waals surface area (Å²) in [6.45, 7) is 10.0. The minimum atomic E-state index is -0.656. The first-order valence-corrected chi connectivity index (χ1v) is 9.09. The Bertz CT molecular complexity index is 572. The summed E-state index contributed by atoms with van der Waals surface area (Å²) in [6.07, 6.45) is 4.89. The molecular weight excluding hydrogens is 302 g/mol. The van der Waals surface area contributed by atoms with Crippen molar-refractivity contribution in [2.45, 2.75) is 58.2 Å². The van der Waals surface area contributed by atoms with Gasteiger partial charge in [0.25, 0.3) is 5.91 Å². The number of likely N-dealkylation sites (tertiary alicyclic amines) is 1. The van der Waals surface area contributed by atoms with E-state index in [0.29, 0.717) is 13.2 Å². The molecule has 0 aromatic carbocycles. The van der Waals surface area contributed by atoms with Crippen molar-refractivity contribution in [3.63, 3.8) is 0 Å². The van der Waals surface area contributed by atoms with Gasteiger partial charge in [0, 0.05) is 44.1 Å². The molecule has 1 spiro atoms. The molecule has 1 aromatic rings. The number of hydrogen-bond acceptors (Lipinski definition) is 4. The highest BCUT2D eigenvalue weighted by Gasteiger charge is 2.47. The first kappa shape index (κ1) is 17.4. The molecule has 2 aliphatic rings. The zero-order valence-electron chi connectivity index (χ0n) is 15.1. The van der Waals surface area contributed by atoms with Gasteiger partial charge in [0.2, 0.25) is 0 Å². The summed E-state index contributed by atoms with van der Waals surface area (Å²) >= 11 is 0. The molecule has 1 unspecified atom stereocenters. The number of hydrogen-bond donors (Lipinski definition) is 0. The van der Waals surface area contributed by atoms with Gasteiger partial charge in [0.1, 0.15) is 0 Å². The van der Waals surface area contributed by atoms with Gasteiger partial charge in [-0.25, -0.2) is 0 Å². The molecule has 0 N–H and O–H groups in total. The van der Waals surface area contributed by atoms with Crippen LogP contribution >= 0.6 is 0 Å². The van der Waals surface area contributed by atoms with Crippen molar-refractivity contribution in [1.29, 1.82) is 0 Å². The smallest absolute Gasteiger partial charge is 0.256 e. The van der Waals surface area contributed by atoms with E-state index in [1.54, 1.807) is 0 Å². The summed E-state index contributed by atoms with van der Waals surface area (Å²) in [7, 11) is 0. The molecule has 1 aromatic heterocycles. The van der Waals surface area contributed by atoms with Crippen molar-refractivity contribution in [1.82, 2.24) is 14.8 Å². The number of aryl methyl sites for hydroxylation is 1. The van der Waals surface area contributed by atoms with E-state index >= 15 is 0 Å². The fraction of sp³-hybridized carbons (Fsp3) is 0.684. The Morgan fingerprint density at radius 3 is 2.83 bits per heavy atom. The molecule has 0 radical (unpaired) electrons. The molecule has 1 atom stereocenters. The molecule has 5 nitrogen and oxygen atoms in total. The van der Waals surface area contributed by atoms with E-state index in [1.165, 1.54) is 5.56 Å². The molecule has 0 aliphatic carbocycles. The summed E-state index contributed by atoms with van der Waals surface area (Å²) in [5.41, 5.74) is 1.57. The maximum atomic E-state index is 13.2. The summed E-state index contributed by atoms with van der Waals surface area (Å²) in [6, 6.07) is 4.40. The highest BCUT2D eigenvalue weighted by atomic mass is 16.5. The van der Waals surface area contributed by atoms with Gasteiger partial charge in [-0.3, -0.25) is 14.7 Å². The Kier molecular flexibility index (Phi) is 5.21. The highest BCUT2D eigenvalue weighted by molar-refractivity contribution is 5.86. The molecule has 132 valence electrons. The molecule has 3 rings (SSSR count). The van der Waals surface area contributed by atoms with Crippen LogP contribution in [0.5, 0.6) is 0 Å². The summed E-state index contributed by atoms with van der Waals surface area (Å²) in [5, 5.41) is 0. The van der Waals surface area contributed by atoms with Crippen molar-refractivity contribution >= 4 is 5.91 Å². The van der Waals surface area contributed by atoms with Crippen LogP contribution < -0.4 is 0 Å². The second-order valence-corrected chi connectivity index (χ2v) is 7.41. The van der Waals surface area contributed by atoms with Crippen molar-refractivity contribution in [3.05, 3.63) is 29.6 Å². The Hall–Kier alpha value is -1.46. The number of aromatic nitrogens is 1. The van der Waals surface area contributed by atoms with E-state index in [2.05, 4.69) is 29.8 Å². The second kappa shape index (κ2) is 7.19. The van der Waals surface area contributed by atoms with Crippen LogP contribution in [0, 0.1) is 6.92 Å². The third kappa shape index (κ3) is 3.62. The van der Waals surface area contributed by atoms with Crippen molar-refractivity contribution in [3.8, 4) is 0 Å². The second-order valence-electron chi connectivity index (χ2n) is 7.41. The summed E-state index contributed by atoms with van der Waals surface area (Å²) < 4.78 is 6.12. The van der Waals surface area contributed by atoms with Gasteiger partial charge in [-0.2, -0.15) is 0 Å². The predicted octanol–water partition coefficient (Wildman–Crippen LogP) is 2.38. The van der Waals surface area contributed by atoms with E-state index < -0.39 is 5.60 Å². The lowest BCUT2D eigenvalue weighted by atomic mass is 9.93. The fourth-order valence-corrected chi connectivity index (χ4v) is 3.78. The van der Waals surface area contributed by atoms with Crippen LogP contribution in [0.25, 0.3) is 0 Å². The third-order valence-corrected chi connectivity index (χ3v) is 5.15. The number of nitrogens with zero attached hydrogens (tertiary/aromatic N) is 3. The molecule has 3 heterocycles. The highest BCUT2D eigenvalue weighted by Crippen LogP contribution is 2.31. The SMILES string of the molecule is Cc1ccc(CN2CCOC3(CCCCN(C(C)C)C3=O)C2)cn1. The molecule has 2 fully saturated rings.